The number of alkyl halides is 3. The van der Waals surface area contributed by atoms with Crippen molar-refractivity contribution in [1.82, 2.24) is 25.6 Å². The number of aryl methyl sites for hydroxylation is 1. The van der Waals surface area contributed by atoms with Gasteiger partial charge < -0.3 is 25.5 Å². The number of H-pyrrole nitrogens is 1. The number of benzene rings is 1. The van der Waals surface area contributed by atoms with Gasteiger partial charge in [-0.15, -0.1) is 0 Å². The summed E-state index contributed by atoms with van der Waals surface area (Å²) in [5.74, 6) is 0.400. The van der Waals surface area contributed by atoms with Crippen molar-refractivity contribution in [2.75, 3.05) is 6.61 Å². The molecule has 2 heterocycles. The lowest BCUT2D eigenvalue weighted by molar-refractivity contribution is 0.0893. The van der Waals surface area contributed by atoms with E-state index in [1.165, 1.54) is 24.5 Å². The van der Waals surface area contributed by atoms with E-state index in [1.807, 2.05) is 0 Å². The highest BCUT2D eigenvalue weighted by molar-refractivity contribution is 6.09. The Morgan fingerprint density at radius 1 is 1.18 bits per heavy atom. The molecule has 12 heteroatoms. The fourth-order valence-electron chi connectivity index (χ4n) is 4.91. The fraction of sp³-hybridized carbons (Fsp3) is 0.462. The number of nitrogens with one attached hydrogen (secondary N) is 3. The van der Waals surface area contributed by atoms with Crippen LogP contribution in [0.1, 0.15) is 60.1 Å². The van der Waals surface area contributed by atoms with E-state index in [-0.39, 0.29) is 24.0 Å². The molecule has 0 aliphatic heterocycles. The van der Waals surface area contributed by atoms with Crippen LogP contribution in [0.5, 0.6) is 5.75 Å². The average Bonchev–Trinajstić information content (AvgIpc) is 3.63. The molecule has 5 rings (SSSR count). The van der Waals surface area contributed by atoms with Crippen LogP contribution in [0, 0.1) is 12.8 Å². The van der Waals surface area contributed by atoms with Gasteiger partial charge in [-0.1, -0.05) is 0 Å². The summed E-state index contributed by atoms with van der Waals surface area (Å²) in [6.45, 7) is 2.17. The first-order valence-electron chi connectivity index (χ1n) is 12.5. The van der Waals surface area contributed by atoms with Gasteiger partial charge in [0.15, 0.2) is 0 Å². The van der Waals surface area contributed by atoms with Crippen LogP contribution in [0.25, 0.3) is 22.3 Å². The lowest BCUT2D eigenvalue weighted by Gasteiger charge is -2.31. The minimum Gasteiger partial charge on any atom is -0.493 e. The fourth-order valence-corrected chi connectivity index (χ4v) is 4.91. The van der Waals surface area contributed by atoms with Crippen LogP contribution in [0.2, 0.25) is 0 Å². The first-order chi connectivity index (χ1) is 18.2. The van der Waals surface area contributed by atoms with Crippen LogP contribution in [-0.2, 0) is 0 Å². The summed E-state index contributed by atoms with van der Waals surface area (Å²) < 4.78 is 47.5. The van der Waals surface area contributed by atoms with Crippen molar-refractivity contribution in [3.63, 3.8) is 0 Å². The van der Waals surface area contributed by atoms with E-state index >= 15 is 0 Å². The average molecular weight is 532 g/mol. The Hall–Kier alpha value is -3.83. The molecule has 2 aliphatic carbocycles. The molecule has 2 aromatic heterocycles. The van der Waals surface area contributed by atoms with E-state index in [9.17, 15) is 22.8 Å². The zero-order chi connectivity index (χ0) is 27.0. The number of halogens is 3. The summed E-state index contributed by atoms with van der Waals surface area (Å²) in [7, 11) is 0. The number of nitrogens with zero attached hydrogens (tertiary/aromatic N) is 2. The molecule has 0 unspecified atom stereocenters. The lowest BCUT2D eigenvalue weighted by atomic mass is 9.89. The van der Waals surface area contributed by atoms with Crippen molar-refractivity contribution in [2.24, 2.45) is 5.92 Å². The van der Waals surface area contributed by atoms with Gasteiger partial charge >= 0.3 is 6.09 Å². The van der Waals surface area contributed by atoms with Gasteiger partial charge in [0.2, 0.25) is 0 Å². The van der Waals surface area contributed by atoms with Gasteiger partial charge in [0.05, 0.1) is 23.7 Å². The van der Waals surface area contributed by atoms with E-state index in [1.54, 1.807) is 6.92 Å². The standard InChI is InChI=1S/C26H28F3N5O4/c1-12-20(25(35)33-15-5-6-18(17(27)9-15)34-26(36)37)22-23(32-12)21(30-11-31-22)16-8-14(24(28)29)4-7-19(16)38-10-13-2-3-13/h4,7-8,11,13,15,17-18,24,32,34H,2-3,5-6,9-10H2,1H3,(H,33,35)(H,36,37)/t15-,17+,18-/m0/s1. The Morgan fingerprint density at radius 2 is 1.97 bits per heavy atom. The van der Waals surface area contributed by atoms with Crippen molar-refractivity contribution >= 4 is 23.0 Å². The predicted molar refractivity (Wildman–Crippen MR) is 132 cm³/mol. The second-order valence-electron chi connectivity index (χ2n) is 9.94. The number of carboxylic acid groups (broad SMARTS) is 1. The van der Waals surface area contributed by atoms with E-state index in [2.05, 4.69) is 25.6 Å². The Bertz CT molecular complexity index is 1360. The summed E-state index contributed by atoms with van der Waals surface area (Å²) >= 11 is 0. The molecule has 2 amide bonds. The highest BCUT2D eigenvalue weighted by Gasteiger charge is 2.33. The lowest BCUT2D eigenvalue weighted by Crippen LogP contribution is -2.49. The van der Waals surface area contributed by atoms with E-state index in [0.717, 1.165) is 12.8 Å². The smallest absolute Gasteiger partial charge is 0.404 e. The maximum absolute atomic E-state index is 14.5. The summed E-state index contributed by atoms with van der Waals surface area (Å²) in [5, 5.41) is 13.9. The second-order valence-corrected chi connectivity index (χ2v) is 9.94. The minimum atomic E-state index is -2.68. The van der Waals surface area contributed by atoms with Crippen LogP contribution in [0.15, 0.2) is 24.5 Å². The Kier molecular flexibility index (Phi) is 7.13. The van der Waals surface area contributed by atoms with Gasteiger partial charge in [0.25, 0.3) is 12.3 Å². The van der Waals surface area contributed by atoms with Crippen LogP contribution in [0.4, 0.5) is 18.0 Å². The van der Waals surface area contributed by atoms with Crippen LogP contribution in [-0.4, -0.2) is 56.9 Å². The third-order valence-corrected chi connectivity index (χ3v) is 7.10. The van der Waals surface area contributed by atoms with Crippen LogP contribution >= 0.6 is 0 Å². The summed E-state index contributed by atoms with van der Waals surface area (Å²) in [4.78, 5) is 35.9. The summed E-state index contributed by atoms with van der Waals surface area (Å²) in [6.07, 6.45) is -1.38. The molecule has 0 spiro atoms. The Labute approximate surface area is 216 Å². The molecule has 3 aromatic rings. The zero-order valence-corrected chi connectivity index (χ0v) is 20.6. The highest BCUT2D eigenvalue weighted by atomic mass is 19.3. The number of rotatable bonds is 8. The van der Waals surface area contributed by atoms with Gasteiger partial charge in [-0.3, -0.25) is 4.79 Å². The molecule has 38 heavy (non-hydrogen) atoms. The van der Waals surface area contributed by atoms with E-state index < -0.39 is 36.7 Å². The van der Waals surface area contributed by atoms with Crippen molar-refractivity contribution in [2.45, 2.75) is 63.7 Å². The number of ether oxygens (including phenoxy) is 1. The number of hydrogen-bond acceptors (Lipinski definition) is 5. The molecule has 202 valence electrons. The molecule has 2 fully saturated rings. The van der Waals surface area contributed by atoms with E-state index in [0.29, 0.717) is 52.7 Å². The normalized spacial score (nSPS) is 21.4. The molecule has 0 saturated heterocycles. The number of carbonyl (C=O) groups is 2. The molecule has 3 atom stereocenters. The molecule has 2 aliphatic rings. The van der Waals surface area contributed by atoms with Crippen LogP contribution in [0.3, 0.4) is 0 Å². The van der Waals surface area contributed by atoms with Crippen molar-refractivity contribution in [3.8, 4) is 17.0 Å². The molecule has 0 bridgehead atoms. The first-order valence-corrected chi connectivity index (χ1v) is 12.5. The van der Waals surface area contributed by atoms with Crippen LogP contribution < -0.4 is 15.4 Å². The number of aromatic amines is 1. The van der Waals surface area contributed by atoms with E-state index in [4.69, 9.17) is 9.84 Å². The molecular weight excluding hydrogens is 503 g/mol. The molecule has 4 N–H and O–H groups in total. The summed E-state index contributed by atoms with van der Waals surface area (Å²) in [5.41, 5.74) is 1.95. The number of fused-ring (bicyclic) bond motifs is 1. The van der Waals surface area contributed by atoms with Gasteiger partial charge in [-0.2, -0.15) is 0 Å². The molecule has 9 nitrogen and oxygen atoms in total. The van der Waals surface area contributed by atoms with Crippen molar-refractivity contribution < 1.29 is 32.6 Å². The largest absolute Gasteiger partial charge is 0.493 e. The van der Waals surface area contributed by atoms with Crippen molar-refractivity contribution in [3.05, 3.63) is 41.3 Å². The second kappa shape index (κ2) is 10.5. The number of hydrogen-bond donors (Lipinski definition) is 4. The number of amides is 2. The summed E-state index contributed by atoms with van der Waals surface area (Å²) in [6, 6.07) is 2.88. The number of carbonyl (C=O) groups excluding carboxylic acids is 1. The maximum atomic E-state index is 14.5. The number of aromatic nitrogens is 3. The van der Waals surface area contributed by atoms with Crippen molar-refractivity contribution in [1.29, 1.82) is 0 Å². The Balaban J connectivity index is 1.43. The van der Waals surface area contributed by atoms with Gasteiger partial charge in [-0.25, -0.2) is 27.9 Å². The molecule has 1 aromatic carbocycles. The quantitative estimate of drug-likeness (QED) is 0.327. The zero-order valence-electron chi connectivity index (χ0n) is 20.6. The minimum absolute atomic E-state index is 0.0273. The molecule has 2 saturated carbocycles. The maximum Gasteiger partial charge on any atom is 0.404 e. The Morgan fingerprint density at radius 3 is 2.66 bits per heavy atom. The highest BCUT2D eigenvalue weighted by Crippen LogP contribution is 2.38. The van der Waals surface area contributed by atoms with Gasteiger partial charge in [0, 0.05) is 29.3 Å². The topological polar surface area (TPSA) is 129 Å². The first kappa shape index (κ1) is 25.8. The molecule has 0 radical (unpaired) electrons. The monoisotopic (exact) mass is 531 g/mol. The third kappa shape index (κ3) is 5.39. The predicted octanol–water partition coefficient (Wildman–Crippen LogP) is 4.92. The third-order valence-electron chi connectivity index (χ3n) is 7.10. The van der Waals surface area contributed by atoms with Gasteiger partial charge in [-0.05, 0) is 56.7 Å². The SMILES string of the molecule is Cc1[nH]c2c(-c3cc(C(F)F)ccc3OCC3CC3)ncnc2c1C(=O)N[C@H]1CC[C@H](NC(=O)O)[C@H](F)C1. The van der Waals surface area contributed by atoms with Gasteiger partial charge in [0.1, 0.15) is 29.5 Å². The molecular formula is C26H28F3N5O4.